The predicted octanol–water partition coefficient (Wildman–Crippen LogP) is -1.15. The second-order valence-corrected chi connectivity index (χ2v) is 3.26. The van der Waals surface area contributed by atoms with Crippen LogP contribution in [0.1, 0.15) is 6.42 Å². The fourth-order valence-corrected chi connectivity index (χ4v) is 1.96. The van der Waals surface area contributed by atoms with Gasteiger partial charge in [0.15, 0.2) is 0 Å². The highest BCUT2D eigenvalue weighted by atomic mass is 16.5. The van der Waals surface area contributed by atoms with E-state index in [1.165, 1.54) is 0 Å². The number of rotatable bonds is 1. The van der Waals surface area contributed by atoms with Crippen LogP contribution in [-0.2, 0) is 9.53 Å². The number of carbonyl (C=O) groups excluding carboxylic acids is 1. The highest BCUT2D eigenvalue weighted by molar-refractivity contribution is 5.82. The Kier molecular flexibility index (Phi) is 1.40. The molecule has 62 valence electrons. The molecule has 11 heavy (non-hydrogen) atoms. The van der Waals surface area contributed by atoms with Gasteiger partial charge in [-0.25, -0.2) is 0 Å². The van der Waals surface area contributed by atoms with Gasteiger partial charge in [-0.1, -0.05) is 0 Å². The monoisotopic (exact) mass is 156 g/mol. The third-order valence-electron chi connectivity index (χ3n) is 2.74. The van der Waals surface area contributed by atoms with E-state index in [0.717, 1.165) is 13.0 Å². The first-order valence-electron chi connectivity index (χ1n) is 3.88. The predicted molar refractivity (Wildman–Crippen MR) is 38.9 cm³/mol. The molecule has 3 N–H and O–H groups in total. The van der Waals surface area contributed by atoms with Crippen LogP contribution in [-0.4, -0.2) is 31.7 Å². The number of hydrogen-bond acceptors (Lipinski definition) is 3. The molecule has 2 saturated heterocycles. The second kappa shape index (κ2) is 2.19. The normalized spacial score (nSPS) is 42.4. The molecule has 2 aliphatic rings. The van der Waals surface area contributed by atoms with Crippen molar-refractivity contribution < 1.29 is 9.53 Å². The molecule has 2 heterocycles. The molecule has 1 amide bonds. The Hall–Kier alpha value is -0.610. The number of primary amides is 1. The van der Waals surface area contributed by atoms with Crippen molar-refractivity contribution in [2.45, 2.75) is 12.5 Å². The molecule has 0 radical (unpaired) electrons. The van der Waals surface area contributed by atoms with Crippen molar-refractivity contribution in [3.05, 3.63) is 0 Å². The van der Waals surface area contributed by atoms with Crippen LogP contribution in [0.5, 0.6) is 0 Å². The molecule has 0 aliphatic carbocycles. The molecule has 2 fully saturated rings. The molecular weight excluding hydrogens is 144 g/mol. The van der Waals surface area contributed by atoms with Crippen LogP contribution in [0.2, 0.25) is 0 Å². The maximum Gasteiger partial charge on any atom is 0.227 e. The number of hydrogen-bond donors (Lipinski definition) is 2. The number of carbonyl (C=O) groups is 1. The standard InChI is InChI=1S/C7H12N2O2/c8-6(10)7-1-2-11-5(7)3-9-4-7/h5,9H,1-4H2,(H2,8,10). The van der Waals surface area contributed by atoms with Crippen molar-refractivity contribution in [2.24, 2.45) is 11.1 Å². The summed E-state index contributed by atoms with van der Waals surface area (Å²) >= 11 is 0. The average Bonchev–Trinajstić information content (AvgIpc) is 2.40. The fourth-order valence-electron chi connectivity index (χ4n) is 1.96. The lowest BCUT2D eigenvalue weighted by Crippen LogP contribution is -2.43. The Labute approximate surface area is 65.1 Å². The molecule has 0 bridgehead atoms. The molecule has 0 saturated carbocycles. The van der Waals surface area contributed by atoms with Crippen molar-refractivity contribution in [3.63, 3.8) is 0 Å². The average molecular weight is 156 g/mol. The summed E-state index contributed by atoms with van der Waals surface area (Å²) in [5, 5.41) is 3.12. The van der Waals surface area contributed by atoms with Gasteiger partial charge < -0.3 is 15.8 Å². The van der Waals surface area contributed by atoms with E-state index < -0.39 is 0 Å². The van der Waals surface area contributed by atoms with Crippen molar-refractivity contribution in [3.8, 4) is 0 Å². The molecule has 0 spiro atoms. The van der Waals surface area contributed by atoms with Crippen LogP contribution in [0, 0.1) is 5.41 Å². The Morgan fingerprint density at radius 2 is 2.55 bits per heavy atom. The van der Waals surface area contributed by atoms with E-state index >= 15 is 0 Å². The lowest BCUT2D eigenvalue weighted by atomic mass is 9.83. The summed E-state index contributed by atoms with van der Waals surface area (Å²) in [6.07, 6.45) is 0.806. The summed E-state index contributed by atoms with van der Waals surface area (Å²) < 4.78 is 5.38. The van der Waals surface area contributed by atoms with E-state index in [4.69, 9.17) is 10.5 Å². The third kappa shape index (κ3) is 0.795. The van der Waals surface area contributed by atoms with Gasteiger partial charge in [-0.05, 0) is 6.42 Å². The summed E-state index contributed by atoms with van der Waals surface area (Å²) in [4.78, 5) is 11.1. The first-order valence-corrected chi connectivity index (χ1v) is 3.88. The molecule has 0 aromatic carbocycles. The molecule has 0 aromatic rings. The van der Waals surface area contributed by atoms with Gasteiger partial charge in [0.2, 0.25) is 5.91 Å². The zero-order valence-corrected chi connectivity index (χ0v) is 6.30. The number of nitrogens with one attached hydrogen (secondary N) is 1. The van der Waals surface area contributed by atoms with E-state index in [-0.39, 0.29) is 17.4 Å². The minimum Gasteiger partial charge on any atom is -0.376 e. The lowest BCUT2D eigenvalue weighted by Gasteiger charge is -2.21. The van der Waals surface area contributed by atoms with Gasteiger partial charge in [0.25, 0.3) is 0 Å². The molecule has 2 aliphatic heterocycles. The van der Waals surface area contributed by atoms with E-state index in [1.807, 2.05) is 0 Å². The minimum absolute atomic E-state index is 0.0278. The molecule has 0 aromatic heterocycles. The van der Waals surface area contributed by atoms with Crippen LogP contribution >= 0.6 is 0 Å². The molecular formula is C7H12N2O2. The van der Waals surface area contributed by atoms with Crippen LogP contribution in [0.15, 0.2) is 0 Å². The summed E-state index contributed by atoms with van der Waals surface area (Å²) in [5.41, 5.74) is 4.93. The SMILES string of the molecule is NC(=O)C12CCOC1CNC2. The first kappa shape index (κ1) is 7.06. The first-order chi connectivity index (χ1) is 5.26. The van der Waals surface area contributed by atoms with E-state index in [0.29, 0.717) is 13.2 Å². The van der Waals surface area contributed by atoms with Crippen LogP contribution in [0.4, 0.5) is 0 Å². The topological polar surface area (TPSA) is 64.4 Å². The fraction of sp³-hybridized carbons (Fsp3) is 0.857. The zero-order valence-electron chi connectivity index (χ0n) is 6.30. The summed E-state index contributed by atoms with van der Waals surface area (Å²) in [5.74, 6) is -0.218. The maximum absolute atomic E-state index is 11.1. The van der Waals surface area contributed by atoms with Gasteiger partial charge in [0, 0.05) is 19.7 Å². The minimum atomic E-state index is -0.389. The zero-order chi connectivity index (χ0) is 7.90. The van der Waals surface area contributed by atoms with Crippen molar-refractivity contribution in [1.82, 2.24) is 5.32 Å². The van der Waals surface area contributed by atoms with Crippen LogP contribution < -0.4 is 11.1 Å². The molecule has 4 nitrogen and oxygen atoms in total. The highest BCUT2D eigenvalue weighted by Crippen LogP contribution is 2.37. The number of fused-ring (bicyclic) bond motifs is 1. The van der Waals surface area contributed by atoms with Gasteiger partial charge in [-0.3, -0.25) is 4.79 Å². The van der Waals surface area contributed by atoms with Gasteiger partial charge in [0.05, 0.1) is 11.5 Å². The van der Waals surface area contributed by atoms with Gasteiger partial charge in [-0.15, -0.1) is 0 Å². The Morgan fingerprint density at radius 3 is 3.18 bits per heavy atom. The maximum atomic E-state index is 11.1. The number of amides is 1. The highest BCUT2D eigenvalue weighted by Gasteiger charge is 2.52. The molecule has 2 unspecified atom stereocenters. The van der Waals surface area contributed by atoms with Crippen molar-refractivity contribution in [2.75, 3.05) is 19.7 Å². The van der Waals surface area contributed by atoms with Gasteiger partial charge in [0.1, 0.15) is 0 Å². The van der Waals surface area contributed by atoms with Gasteiger partial charge in [-0.2, -0.15) is 0 Å². The molecule has 2 atom stereocenters. The Balaban J connectivity index is 2.26. The van der Waals surface area contributed by atoms with E-state index in [9.17, 15) is 4.79 Å². The van der Waals surface area contributed by atoms with E-state index in [1.54, 1.807) is 0 Å². The lowest BCUT2D eigenvalue weighted by molar-refractivity contribution is -0.128. The smallest absolute Gasteiger partial charge is 0.227 e. The second-order valence-electron chi connectivity index (χ2n) is 3.26. The number of nitrogens with two attached hydrogens (primary N) is 1. The molecule has 4 heteroatoms. The number of ether oxygens (including phenoxy) is 1. The molecule has 2 rings (SSSR count). The van der Waals surface area contributed by atoms with Crippen molar-refractivity contribution >= 4 is 5.91 Å². The third-order valence-corrected chi connectivity index (χ3v) is 2.74. The van der Waals surface area contributed by atoms with Crippen LogP contribution in [0.25, 0.3) is 0 Å². The van der Waals surface area contributed by atoms with E-state index in [2.05, 4.69) is 5.32 Å². The summed E-state index contributed by atoms with van der Waals surface area (Å²) in [6, 6.07) is 0. The van der Waals surface area contributed by atoms with Gasteiger partial charge >= 0.3 is 0 Å². The quantitative estimate of drug-likeness (QED) is 0.504. The van der Waals surface area contributed by atoms with Crippen molar-refractivity contribution in [1.29, 1.82) is 0 Å². The summed E-state index contributed by atoms with van der Waals surface area (Å²) in [6.45, 7) is 2.13. The Morgan fingerprint density at radius 1 is 1.73 bits per heavy atom. The summed E-state index contributed by atoms with van der Waals surface area (Å²) in [7, 11) is 0. The largest absolute Gasteiger partial charge is 0.376 e. The van der Waals surface area contributed by atoms with Crippen LogP contribution in [0.3, 0.4) is 0 Å². The Bertz CT molecular complexity index is 183.